The summed E-state index contributed by atoms with van der Waals surface area (Å²) in [6, 6.07) is 51.7. The van der Waals surface area contributed by atoms with Crippen molar-refractivity contribution in [2.75, 3.05) is 4.90 Å². The van der Waals surface area contributed by atoms with Crippen molar-refractivity contribution >= 4 is 71.9 Å². The molecule has 0 aliphatic heterocycles. The standard InChI is InChI=1S/C41H24N2OS/c1-3-10-25(11-4-1)41-42-39-35-22-26-18-19-28(23-34(26)32-15-9-16-33(38(32)35)40(39)45-41)43(27-12-5-2-6-13-27)29-20-21-31-30-14-7-8-17-36(30)44-37(31)24-29/h1-24H. The summed E-state index contributed by atoms with van der Waals surface area (Å²) in [6.45, 7) is 0. The fraction of sp³-hybridized carbons (Fsp3) is 0. The molecule has 210 valence electrons. The Balaban J connectivity index is 1.16. The molecule has 4 heteroatoms. The van der Waals surface area contributed by atoms with Gasteiger partial charge in [0.25, 0.3) is 0 Å². The van der Waals surface area contributed by atoms with Crippen molar-refractivity contribution in [3.63, 3.8) is 0 Å². The lowest BCUT2D eigenvalue weighted by molar-refractivity contribution is 0.669. The smallest absolute Gasteiger partial charge is 0.137 e. The minimum Gasteiger partial charge on any atom is -0.456 e. The monoisotopic (exact) mass is 592 g/mol. The van der Waals surface area contributed by atoms with Gasteiger partial charge in [-0.2, -0.15) is 0 Å². The van der Waals surface area contributed by atoms with Gasteiger partial charge in [-0.1, -0.05) is 91.0 Å². The van der Waals surface area contributed by atoms with Crippen LogP contribution in [0, 0.1) is 0 Å². The fourth-order valence-electron chi connectivity index (χ4n) is 6.98. The molecule has 0 N–H and O–H groups in total. The van der Waals surface area contributed by atoms with Crippen LogP contribution >= 0.6 is 11.3 Å². The maximum Gasteiger partial charge on any atom is 0.137 e. The fourth-order valence-corrected chi connectivity index (χ4v) is 8.10. The topological polar surface area (TPSA) is 29.3 Å². The molecule has 2 heterocycles. The summed E-state index contributed by atoms with van der Waals surface area (Å²) >= 11 is 1.79. The van der Waals surface area contributed by atoms with E-state index in [1.54, 1.807) is 11.3 Å². The number of benzene rings is 7. The van der Waals surface area contributed by atoms with Crippen molar-refractivity contribution in [1.29, 1.82) is 0 Å². The quantitative estimate of drug-likeness (QED) is 0.190. The normalized spacial score (nSPS) is 12.0. The first-order chi connectivity index (χ1) is 22.3. The van der Waals surface area contributed by atoms with E-state index in [2.05, 4.69) is 138 Å². The molecule has 0 spiro atoms. The number of aromatic nitrogens is 1. The van der Waals surface area contributed by atoms with Gasteiger partial charge in [0, 0.05) is 56.0 Å². The highest BCUT2D eigenvalue weighted by Gasteiger charge is 2.27. The summed E-state index contributed by atoms with van der Waals surface area (Å²) in [5.74, 6) is 0. The van der Waals surface area contributed by atoms with Gasteiger partial charge in [-0.3, -0.25) is 0 Å². The predicted octanol–water partition coefficient (Wildman–Crippen LogP) is 12.1. The Hall–Kier alpha value is -5.71. The van der Waals surface area contributed by atoms with Crippen LogP contribution in [0.15, 0.2) is 150 Å². The van der Waals surface area contributed by atoms with E-state index >= 15 is 0 Å². The van der Waals surface area contributed by atoms with Crippen molar-refractivity contribution in [2.24, 2.45) is 0 Å². The van der Waals surface area contributed by atoms with E-state index in [0.717, 1.165) is 55.3 Å². The highest BCUT2D eigenvalue weighted by molar-refractivity contribution is 7.19. The molecule has 0 atom stereocenters. The van der Waals surface area contributed by atoms with Crippen LogP contribution in [0.5, 0.6) is 0 Å². The van der Waals surface area contributed by atoms with Gasteiger partial charge in [-0.15, -0.1) is 11.3 Å². The van der Waals surface area contributed by atoms with Crippen LogP contribution in [-0.4, -0.2) is 4.98 Å². The number of thiazole rings is 1. The summed E-state index contributed by atoms with van der Waals surface area (Å²) in [4.78, 5) is 8.75. The van der Waals surface area contributed by atoms with Gasteiger partial charge in [0.1, 0.15) is 16.2 Å². The Morgan fingerprint density at radius 1 is 0.511 bits per heavy atom. The molecule has 0 radical (unpaired) electrons. The predicted molar refractivity (Wildman–Crippen MR) is 189 cm³/mol. The second-order valence-electron chi connectivity index (χ2n) is 11.6. The lowest BCUT2D eigenvalue weighted by Crippen LogP contribution is -2.09. The van der Waals surface area contributed by atoms with Crippen molar-refractivity contribution < 1.29 is 4.42 Å². The molecule has 1 aliphatic rings. The SMILES string of the molecule is c1ccc(-c2nc3c(s2)-c2cccc4c2c-3cc2ccc(N(c3ccccc3)c3ccc5c(c3)oc3ccccc35)cc24)cc1. The molecule has 0 fully saturated rings. The Kier molecular flexibility index (Phi) is 5.16. The van der Waals surface area contributed by atoms with E-state index < -0.39 is 0 Å². The number of furan rings is 1. The second kappa shape index (κ2) is 9.39. The average molecular weight is 593 g/mol. The van der Waals surface area contributed by atoms with Gasteiger partial charge in [-0.05, 0) is 64.7 Å². The minimum absolute atomic E-state index is 0.884. The molecule has 0 amide bonds. The van der Waals surface area contributed by atoms with E-state index in [0.29, 0.717) is 0 Å². The minimum atomic E-state index is 0.884. The zero-order chi connectivity index (χ0) is 29.5. The zero-order valence-electron chi connectivity index (χ0n) is 24.1. The number of anilines is 3. The van der Waals surface area contributed by atoms with E-state index in [9.17, 15) is 0 Å². The van der Waals surface area contributed by atoms with Crippen LogP contribution in [-0.2, 0) is 0 Å². The third-order valence-electron chi connectivity index (χ3n) is 9.00. The van der Waals surface area contributed by atoms with Crippen LogP contribution in [0.2, 0.25) is 0 Å². The second-order valence-corrected chi connectivity index (χ2v) is 12.6. The molecule has 0 saturated carbocycles. The first kappa shape index (κ1) is 24.7. The van der Waals surface area contributed by atoms with Crippen molar-refractivity contribution in [1.82, 2.24) is 4.98 Å². The largest absolute Gasteiger partial charge is 0.456 e. The summed E-state index contributed by atoms with van der Waals surface area (Å²) in [5.41, 5.74) is 9.81. The van der Waals surface area contributed by atoms with Crippen LogP contribution in [0.25, 0.3) is 75.8 Å². The Labute approximate surface area is 263 Å². The van der Waals surface area contributed by atoms with Crippen molar-refractivity contribution in [3.05, 3.63) is 146 Å². The van der Waals surface area contributed by atoms with Crippen LogP contribution in [0.4, 0.5) is 17.1 Å². The molecule has 1 aliphatic carbocycles. The summed E-state index contributed by atoms with van der Waals surface area (Å²) in [5, 5.41) is 8.33. The van der Waals surface area contributed by atoms with Crippen LogP contribution in [0.3, 0.4) is 0 Å². The number of para-hydroxylation sites is 2. The Bertz CT molecular complexity index is 2600. The number of hydrogen-bond donors (Lipinski definition) is 0. The number of hydrogen-bond acceptors (Lipinski definition) is 4. The molecular formula is C41H24N2OS. The maximum atomic E-state index is 6.30. The van der Waals surface area contributed by atoms with E-state index in [4.69, 9.17) is 9.40 Å². The van der Waals surface area contributed by atoms with E-state index in [1.165, 1.54) is 37.5 Å². The first-order valence-corrected chi connectivity index (χ1v) is 15.9. The molecule has 10 rings (SSSR count). The van der Waals surface area contributed by atoms with E-state index in [-0.39, 0.29) is 0 Å². The van der Waals surface area contributed by atoms with Gasteiger partial charge in [0.15, 0.2) is 0 Å². The molecular weight excluding hydrogens is 569 g/mol. The van der Waals surface area contributed by atoms with Gasteiger partial charge in [0.2, 0.25) is 0 Å². The molecule has 0 bridgehead atoms. The lowest BCUT2D eigenvalue weighted by atomic mass is 9.96. The molecule has 7 aromatic carbocycles. The number of rotatable bonds is 4. The summed E-state index contributed by atoms with van der Waals surface area (Å²) in [7, 11) is 0. The molecule has 2 aromatic heterocycles. The third kappa shape index (κ3) is 3.67. The summed E-state index contributed by atoms with van der Waals surface area (Å²) in [6.07, 6.45) is 0. The number of nitrogens with zero attached hydrogens (tertiary/aromatic N) is 2. The lowest BCUT2D eigenvalue weighted by Gasteiger charge is -2.26. The Morgan fingerprint density at radius 3 is 2.13 bits per heavy atom. The Morgan fingerprint density at radius 2 is 1.24 bits per heavy atom. The maximum absolute atomic E-state index is 6.30. The van der Waals surface area contributed by atoms with Gasteiger partial charge < -0.3 is 9.32 Å². The van der Waals surface area contributed by atoms with E-state index in [1.807, 2.05) is 12.1 Å². The van der Waals surface area contributed by atoms with Gasteiger partial charge >= 0.3 is 0 Å². The number of fused-ring (bicyclic) bond motifs is 8. The molecule has 0 saturated heterocycles. The molecule has 45 heavy (non-hydrogen) atoms. The highest BCUT2D eigenvalue weighted by atomic mass is 32.1. The third-order valence-corrected chi connectivity index (χ3v) is 10.1. The first-order valence-electron chi connectivity index (χ1n) is 15.1. The zero-order valence-corrected chi connectivity index (χ0v) is 24.9. The molecule has 9 aromatic rings. The highest BCUT2D eigenvalue weighted by Crippen LogP contribution is 2.53. The summed E-state index contributed by atoms with van der Waals surface area (Å²) < 4.78 is 6.30. The van der Waals surface area contributed by atoms with Gasteiger partial charge in [0.05, 0.1) is 10.6 Å². The average Bonchev–Trinajstić information content (AvgIpc) is 3.78. The van der Waals surface area contributed by atoms with Crippen LogP contribution < -0.4 is 4.90 Å². The van der Waals surface area contributed by atoms with Gasteiger partial charge in [-0.25, -0.2) is 4.98 Å². The molecule has 0 unspecified atom stereocenters. The van der Waals surface area contributed by atoms with Crippen LogP contribution in [0.1, 0.15) is 0 Å². The van der Waals surface area contributed by atoms with Crippen molar-refractivity contribution in [2.45, 2.75) is 0 Å². The van der Waals surface area contributed by atoms with Crippen molar-refractivity contribution in [3.8, 4) is 32.3 Å². The molecule has 3 nitrogen and oxygen atoms in total.